The van der Waals surface area contributed by atoms with Crippen molar-refractivity contribution in [3.8, 4) is 0 Å². The van der Waals surface area contributed by atoms with Gasteiger partial charge in [-0.2, -0.15) is 5.10 Å². The zero-order chi connectivity index (χ0) is 12.8. The lowest BCUT2D eigenvalue weighted by Crippen LogP contribution is -2.36. The summed E-state index contributed by atoms with van der Waals surface area (Å²) in [5.41, 5.74) is 0.305. The fourth-order valence-electron chi connectivity index (χ4n) is 1.58. The van der Waals surface area contributed by atoms with Gasteiger partial charge in [0.05, 0.1) is 6.42 Å². The third-order valence-corrected chi connectivity index (χ3v) is 2.34. The fraction of sp³-hybridized carbons (Fsp3) is 0.545. The van der Waals surface area contributed by atoms with Crippen LogP contribution < -0.4 is 5.32 Å². The molecular formula is C11H17N3O3. The van der Waals surface area contributed by atoms with Gasteiger partial charge < -0.3 is 10.4 Å². The average Bonchev–Trinajstić information content (AvgIpc) is 2.64. The summed E-state index contributed by atoms with van der Waals surface area (Å²) in [6.07, 6.45) is 3.07. The minimum atomic E-state index is -0.912. The molecule has 0 saturated heterocycles. The van der Waals surface area contributed by atoms with Gasteiger partial charge in [-0.05, 0) is 12.5 Å². The highest BCUT2D eigenvalue weighted by Gasteiger charge is 2.17. The summed E-state index contributed by atoms with van der Waals surface area (Å²) in [5.74, 6) is -1.24. The molecule has 1 amide bonds. The van der Waals surface area contributed by atoms with E-state index in [1.165, 1.54) is 4.68 Å². The number of amides is 1. The number of rotatable bonds is 6. The second-order valence-corrected chi connectivity index (χ2v) is 3.93. The molecular weight excluding hydrogens is 222 g/mol. The first-order valence-corrected chi connectivity index (χ1v) is 5.55. The standard InChI is InChI=1S/C11H17N3O3/c1-3-4-8(7-10(15)16)12-11(17)9-5-6-14(2)13-9/h5-6,8H,3-4,7H2,1-2H3,(H,12,17)(H,15,16). The van der Waals surface area contributed by atoms with Gasteiger partial charge in [-0.1, -0.05) is 13.3 Å². The number of aryl methyl sites for hydroxylation is 1. The van der Waals surface area contributed by atoms with E-state index in [0.717, 1.165) is 6.42 Å². The maximum absolute atomic E-state index is 11.7. The van der Waals surface area contributed by atoms with E-state index in [2.05, 4.69) is 10.4 Å². The first-order valence-electron chi connectivity index (χ1n) is 5.55. The molecule has 6 nitrogen and oxygen atoms in total. The second-order valence-electron chi connectivity index (χ2n) is 3.93. The zero-order valence-corrected chi connectivity index (χ0v) is 10.0. The molecule has 0 spiro atoms. The lowest BCUT2D eigenvalue weighted by atomic mass is 10.1. The van der Waals surface area contributed by atoms with Crippen molar-refractivity contribution in [1.82, 2.24) is 15.1 Å². The molecule has 17 heavy (non-hydrogen) atoms. The number of carboxylic acid groups (broad SMARTS) is 1. The molecule has 1 atom stereocenters. The summed E-state index contributed by atoms with van der Waals surface area (Å²) in [7, 11) is 1.72. The highest BCUT2D eigenvalue weighted by Crippen LogP contribution is 2.04. The summed E-state index contributed by atoms with van der Waals surface area (Å²) >= 11 is 0. The first-order chi connectivity index (χ1) is 8.02. The number of carboxylic acids is 1. The van der Waals surface area contributed by atoms with Crippen LogP contribution in [0.4, 0.5) is 0 Å². The molecule has 0 radical (unpaired) electrons. The second kappa shape index (κ2) is 6.03. The van der Waals surface area contributed by atoms with Gasteiger partial charge in [0.1, 0.15) is 5.69 Å². The number of hydrogen-bond acceptors (Lipinski definition) is 3. The van der Waals surface area contributed by atoms with E-state index in [0.29, 0.717) is 12.1 Å². The van der Waals surface area contributed by atoms with Crippen molar-refractivity contribution in [2.24, 2.45) is 7.05 Å². The Kier molecular flexibility index (Phi) is 4.68. The SMILES string of the molecule is CCCC(CC(=O)O)NC(=O)c1ccn(C)n1. The summed E-state index contributed by atoms with van der Waals surface area (Å²) in [5, 5.41) is 15.4. The van der Waals surface area contributed by atoms with Crippen molar-refractivity contribution < 1.29 is 14.7 Å². The smallest absolute Gasteiger partial charge is 0.305 e. The fourth-order valence-corrected chi connectivity index (χ4v) is 1.58. The predicted molar refractivity (Wildman–Crippen MR) is 61.6 cm³/mol. The van der Waals surface area contributed by atoms with Gasteiger partial charge in [0.15, 0.2) is 0 Å². The molecule has 0 fully saturated rings. The molecule has 2 N–H and O–H groups in total. The highest BCUT2D eigenvalue weighted by molar-refractivity contribution is 5.92. The number of aliphatic carboxylic acids is 1. The van der Waals surface area contributed by atoms with E-state index in [1.807, 2.05) is 6.92 Å². The van der Waals surface area contributed by atoms with Crippen molar-refractivity contribution >= 4 is 11.9 Å². The minimum absolute atomic E-state index is 0.0631. The van der Waals surface area contributed by atoms with Gasteiger partial charge >= 0.3 is 5.97 Å². The van der Waals surface area contributed by atoms with Gasteiger partial charge in [-0.25, -0.2) is 0 Å². The van der Waals surface area contributed by atoms with Crippen LogP contribution >= 0.6 is 0 Å². The van der Waals surface area contributed by atoms with E-state index in [4.69, 9.17) is 5.11 Å². The Balaban J connectivity index is 2.60. The highest BCUT2D eigenvalue weighted by atomic mass is 16.4. The van der Waals surface area contributed by atoms with Crippen LogP contribution in [0.3, 0.4) is 0 Å². The first kappa shape index (κ1) is 13.2. The van der Waals surface area contributed by atoms with Crippen LogP contribution in [0.15, 0.2) is 12.3 Å². The van der Waals surface area contributed by atoms with Crippen LogP contribution in [0.1, 0.15) is 36.7 Å². The molecule has 1 heterocycles. The molecule has 0 aliphatic heterocycles. The van der Waals surface area contributed by atoms with E-state index in [1.54, 1.807) is 19.3 Å². The average molecular weight is 239 g/mol. The van der Waals surface area contributed by atoms with Crippen LogP contribution in [-0.2, 0) is 11.8 Å². The minimum Gasteiger partial charge on any atom is -0.481 e. The van der Waals surface area contributed by atoms with Crippen LogP contribution in [0, 0.1) is 0 Å². The molecule has 0 saturated carbocycles. The lowest BCUT2D eigenvalue weighted by molar-refractivity contribution is -0.137. The van der Waals surface area contributed by atoms with E-state index >= 15 is 0 Å². The molecule has 6 heteroatoms. The summed E-state index contributed by atoms with van der Waals surface area (Å²) in [6.45, 7) is 1.95. The maximum atomic E-state index is 11.7. The Morgan fingerprint density at radius 3 is 2.76 bits per heavy atom. The van der Waals surface area contributed by atoms with Crippen molar-refractivity contribution in [2.75, 3.05) is 0 Å². The van der Waals surface area contributed by atoms with Crippen LogP contribution in [0.5, 0.6) is 0 Å². The predicted octanol–water partition coefficient (Wildman–Crippen LogP) is 0.793. The summed E-state index contributed by atoms with van der Waals surface area (Å²) in [4.78, 5) is 22.4. The Morgan fingerprint density at radius 2 is 2.29 bits per heavy atom. The van der Waals surface area contributed by atoms with Crippen molar-refractivity contribution in [3.05, 3.63) is 18.0 Å². The largest absolute Gasteiger partial charge is 0.481 e. The monoisotopic (exact) mass is 239 g/mol. The molecule has 1 aromatic heterocycles. The molecule has 94 valence electrons. The van der Waals surface area contributed by atoms with Crippen LogP contribution in [-0.4, -0.2) is 32.8 Å². The molecule has 0 aliphatic carbocycles. The third kappa shape index (κ3) is 4.26. The topological polar surface area (TPSA) is 84.2 Å². The molecule has 1 unspecified atom stereocenters. The van der Waals surface area contributed by atoms with E-state index in [-0.39, 0.29) is 18.4 Å². The Morgan fingerprint density at radius 1 is 1.59 bits per heavy atom. The third-order valence-electron chi connectivity index (χ3n) is 2.34. The van der Waals surface area contributed by atoms with Gasteiger partial charge in [-0.15, -0.1) is 0 Å². The van der Waals surface area contributed by atoms with Crippen LogP contribution in [0.2, 0.25) is 0 Å². The molecule has 1 rings (SSSR count). The van der Waals surface area contributed by atoms with Crippen molar-refractivity contribution in [2.45, 2.75) is 32.2 Å². The van der Waals surface area contributed by atoms with Gasteiger partial charge in [0.2, 0.25) is 0 Å². The van der Waals surface area contributed by atoms with E-state index < -0.39 is 5.97 Å². The summed E-state index contributed by atoms with van der Waals surface area (Å²) < 4.78 is 1.53. The van der Waals surface area contributed by atoms with E-state index in [9.17, 15) is 9.59 Å². The Bertz CT molecular complexity index is 400. The van der Waals surface area contributed by atoms with Crippen molar-refractivity contribution in [1.29, 1.82) is 0 Å². The number of nitrogens with one attached hydrogen (secondary N) is 1. The summed E-state index contributed by atoms with van der Waals surface area (Å²) in [6, 6.07) is 1.26. The van der Waals surface area contributed by atoms with Gasteiger partial charge in [-0.3, -0.25) is 14.3 Å². The number of nitrogens with zero attached hydrogens (tertiary/aromatic N) is 2. The molecule has 0 aliphatic rings. The Labute approximate surface area is 99.6 Å². The normalized spacial score (nSPS) is 12.1. The quantitative estimate of drug-likeness (QED) is 0.768. The van der Waals surface area contributed by atoms with Gasteiger partial charge in [0.25, 0.3) is 5.91 Å². The number of hydrogen-bond donors (Lipinski definition) is 2. The molecule has 0 aromatic carbocycles. The van der Waals surface area contributed by atoms with Crippen molar-refractivity contribution in [3.63, 3.8) is 0 Å². The molecule has 1 aromatic rings. The van der Waals surface area contributed by atoms with Crippen LogP contribution in [0.25, 0.3) is 0 Å². The Hall–Kier alpha value is -1.85. The van der Waals surface area contributed by atoms with Gasteiger partial charge in [0, 0.05) is 19.3 Å². The number of carbonyl (C=O) groups excluding carboxylic acids is 1. The maximum Gasteiger partial charge on any atom is 0.305 e. The lowest BCUT2D eigenvalue weighted by Gasteiger charge is -2.14. The number of carbonyl (C=O) groups is 2. The number of aromatic nitrogens is 2. The zero-order valence-electron chi connectivity index (χ0n) is 10.0. The molecule has 0 bridgehead atoms.